The van der Waals surface area contributed by atoms with E-state index in [1.54, 1.807) is 0 Å². The smallest absolute Gasteiger partial charge is 0.348 e. The molecule has 0 spiro atoms. The molecule has 8 heteroatoms. The van der Waals surface area contributed by atoms with Crippen molar-refractivity contribution in [2.45, 2.75) is 12.5 Å². The lowest BCUT2D eigenvalue weighted by molar-refractivity contribution is -0.356. The van der Waals surface area contributed by atoms with Crippen molar-refractivity contribution >= 4 is 11.9 Å². The monoisotopic (exact) mass is 205 g/mol. The maximum atomic E-state index is 10.7. The Morgan fingerprint density at radius 3 is 1.93 bits per heavy atom. The summed E-state index contributed by atoms with van der Waals surface area (Å²) in [6.07, 6.45) is -3.50. The van der Waals surface area contributed by atoms with E-state index in [0.717, 1.165) is 12.2 Å². The van der Waals surface area contributed by atoms with E-state index in [0.29, 0.717) is 0 Å². The standard InChI is InChI=1S/C6H7NO7/c8-3-1-2-4(9)14-5(13-3)7-6(10,11)12/h1-2,5,7,10-12H. The van der Waals surface area contributed by atoms with Crippen molar-refractivity contribution in [3.63, 3.8) is 0 Å². The van der Waals surface area contributed by atoms with Gasteiger partial charge in [0.05, 0.1) is 0 Å². The van der Waals surface area contributed by atoms with E-state index in [2.05, 4.69) is 9.47 Å². The highest BCUT2D eigenvalue weighted by molar-refractivity contribution is 5.92. The van der Waals surface area contributed by atoms with Gasteiger partial charge in [-0.15, -0.1) is 0 Å². The molecule has 0 unspecified atom stereocenters. The molecule has 78 valence electrons. The van der Waals surface area contributed by atoms with Crippen LogP contribution in [0.25, 0.3) is 0 Å². The van der Waals surface area contributed by atoms with Gasteiger partial charge < -0.3 is 24.8 Å². The maximum Gasteiger partial charge on any atom is 0.348 e. The van der Waals surface area contributed by atoms with Gasteiger partial charge in [-0.1, -0.05) is 0 Å². The van der Waals surface area contributed by atoms with Crippen molar-refractivity contribution in [2.75, 3.05) is 0 Å². The summed E-state index contributed by atoms with van der Waals surface area (Å²) >= 11 is 0. The molecule has 0 aromatic rings. The van der Waals surface area contributed by atoms with Crippen LogP contribution in [0.2, 0.25) is 0 Å². The second-order valence-corrected chi connectivity index (χ2v) is 2.32. The molecule has 0 fully saturated rings. The molecular weight excluding hydrogens is 198 g/mol. The van der Waals surface area contributed by atoms with Crippen molar-refractivity contribution in [1.82, 2.24) is 5.32 Å². The zero-order valence-corrected chi connectivity index (χ0v) is 6.71. The van der Waals surface area contributed by atoms with Crippen LogP contribution >= 0.6 is 0 Å². The van der Waals surface area contributed by atoms with E-state index in [-0.39, 0.29) is 0 Å². The number of carbonyl (C=O) groups excluding carboxylic acids is 2. The summed E-state index contributed by atoms with van der Waals surface area (Å²) in [4.78, 5) is 21.4. The zero-order valence-electron chi connectivity index (χ0n) is 6.71. The fourth-order valence-electron chi connectivity index (χ4n) is 0.667. The van der Waals surface area contributed by atoms with Gasteiger partial charge in [0.25, 0.3) is 0 Å². The van der Waals surface area contributed by atoms with Crippen molar-refractivity contribution in [1.29, 1.82) is 0 Å². The lowest BCUT2D eigenvalue weighted by atomic mass is 10.5. The van der Waals surface area contributed by atoms with Crippen LogP contribution in [-0.4, -0.2) is 39.8 Å². The first-order valence-corrected chi connectivity index (χ1v) is 3.41. The lowest BCUT2D eigenvalue weighted by Crippen LogP contribution is -2.52. The maximum absolute atomic E-state index is 10.7. The topological polar surface area (TPSA) is 125 Å². The normalized spacial score (nSPS) is 18.8. The zero-order chi connectivity index (χ0) is 10.8. The Bertz CT molecular complexity index is 258. The molecule has 14 heavy (non-hydrogen) atoms. The molecule has 8 nitrogen and oxygen atoms in total. The summed E-state index contributed by atoms with van der Waals surface area (Å²) in [6.45, 7) is 0. The number of hydrogen-bond acceptors (Lipinski definition) is 8. The van der Waals surface area contributed by atoms with Crippen molar-refractivity contribution in [2.24, 2.45) is 0 Å². The van der Waals surface area contributed by atoms with Crippen LogP contribution < -0.4 is 5.32 Å². The van der Waals surface area contributed by atoms with E-state index in [1.807, 2.05) is 0 Å². The van der Waals surface area contributed by atoms with E-state index < -0.39 is 24.4 Å². The molecule has 1 rings (SSSR count). The van der Waals surface area contributed by atoms with Crippen molar-refractivity contribution < 1.29 is 34.4 Å². The van der Waals surface area contributed by atoms with Gasteiger partial charge in [-0.05, 0) is 0 Å². The van der Waals surface area contributed by atoms with Gasteiger partial charge in [-0.25, -0.2) is 9.59 Å². The summed E-state index contributed by atoms with van der Waals surface area (Å²) in [7, 11) is 0. The summed E-state index contributed by atoms with van der Waals surface area (Å²) in [5.41, 5.74) is 0. The number of cyclic esters (lactones) is 2. The highest BCUT2D eigenvalue weighted by Gasteiger charge is 2.29. The van der Waals surface area contributed by atoms with Gasteiger partial charge in [0.15, 0.2) is 0 Å². The Morgan fingerprint density at radius 2 is 1.57 bits per heavy atom. The molecule has 1 heterocycles. The predicted molar refractivity (Wildman–Crippen MR) is 37.6 cm³/mol. The number of carbonyl (C=O) groups is 2. The first-order chi connectivity index (χ1) is 6.37. The van der Waals surface area contributed by atoms with Gasteiger partial charge in [0.1, 0.15) is 0 Å². The van der Waals surface area contributed by atoms with Gasteiger partial charge in [-0.2, -0.15) is 5.32 Å². The Labute approximate surface area is 77.4 Å². The number of aliphatic hydroxyl groups is 3. The second-order valence-electron chi connectivity index (χ2n) is 2.32. The third-order valence-electron chi connectivity index (χ3n) is 1.11. The van der Waals surface area contributed by atoms with Crippen LogP contribution in [0.4, 0.5) is 0 Å². The van der Waals surface area contributed by atoms with Gasteiger partial charge in [0.2, 0.25) is 0 Å². The van der Waals surface area contributed by atoms with E-state index in [4.69, 9.17) is 15.3 Å². The van der Waals surface area contributed by atoms with Crippen LogP contribution in [0.15, 0.2) is 12.2 Å². The minimum Gasteiger partial charge on any atom is -0.407 e. The minimum absolute atomic E-state index is 0.790. The molecule has 0 aliphatic carbocycles. The molecule has 0 saturated heterocycles. The molecule has 0 atom stereocenters. The minimum atomic E-state index is -3.31. The Kier molecular flexibility index (Phi) is 2.81. The molecule has 0 aromatic heterocycles. The lowest BCUT2D eigenvalue weighted by Gasteiger charge is -2.21. The summed E-state index contributed by atoms with van der Waals surface area (Å²) in [5.74, 6) is -1.87. The molecule has 0 aromatic carbocycles. The number of esters is 2. The quantitative estimate of drug-likeness (QED) is 0.279. The first kappa shape index (κ1) is 10.6. The van der Waals surface area contributed by atoms with Crippen LogP contribution in [0.5, 0.6) is 0 Å². The molecule has 0 bridgehead atoms. The second kappa shape index (κ2) is 3.72. The van der Waals surface area contributed by atoms with Gasteiger partial charge in [0, 0.05) is 12.2 Å². The average molecular weight is 205 g/mol. The predicted octanol–water partition coefficient (Wildman–Crippen LogP) is -2.90. The Morgan fingerprint density at radius 1 is 1.14 bits per heavy atom. The van der Waals surface area contributed by atoms with E-state index in [1.165, 1.54) is 5.32 Å². The number of hydrogen-bond donors (Lipinski definition) is 4. The van der Waals surface area contributed by atoms with E-state index in [9.17, 15) is 9.59 Å². The number of rotatable bonds is 2. The SMILES string of the molecule is O=C1C=CC(=O)OC(NC(O)(O)O)O1. The molecule has 0 saturated carbocycles. The highest BCUT2D eigenvalue weighted by atomic mass is 16.8. The molecule has 0 amide bonds. The van der Waals surface area contributed by atoms with Crippen LogP contribution in [0, 0.1) is 0 Å². The summed E-state index contributed by atoms with van der Waals surface area (Å²) in [5, 5.41) is 26.8. The molecular formula is C6H7NO7. The molecule has 0 radical (unpaired) electrons. The van der Waals surface area contributed by atoms with Gasteiger partial charge in [-0.3, -0.25) is 0 Å². The number of nitrogens with one attached hydrogen (secondary N) is 1. The van der Waals surface area contributed by atoms with Crippen LogP contribution in [0.3, 0.4) is 0 Å². The number of ether oxygens (including phenoxy) is 2. The first-order valence-electron chi connectivity index (χ1n) is 3.41. The Hall–Kier alpha value is -1.48. The van der Waals surface area contributed by atoms with E-state index >= 15 is 0 Å². The highest BCUT2D eigenvalue weighted by Crippen LogP contribution is 2.02. The fourth-order valence-corrected chi connectivity index (χ4v) is 0.667. The van der Waals surface area contributed by atoms with Crippen molar-refractivity contribution in [3.8, 4) is 0 Å². The largest absolute Gasteiger partial charge is 0.407 e. The third kappa shape index (κ3) is 3.49. The van der Waals surface area contributed by atoms with Crippen LogP contribution in [-0.2, 0) is 19.1 Å². The summed E-state index contributed by atoms with van der Waals surface area (Å²) in [6, 6.07) is 0. The van der Waals surface area contributed by atoms with Crippen LogP contribution in [0.1, 0.15) is 0 Å². The fraction of sp³-hybridized carbons (Fsp3) is 0.333. The van der Waals surface area contributed by atoms with Crippen molar-refractivity contribution in [3.05, 3.63) is 12.2 Å². The Balaban J connectivity index is 2.63. The summed E-state index contributed by atoms with van der Waals surface area (Å²) < 4.78 is 8.60. The molecule has 4 N–H and O–H groups in total. The average Bonchev–Trinajstić information content (AvgIpc) is 2.09. The molecule has 1 aliphatic rings. The van der Waals surface area contributed by atoms with Gasteiger partial charge >= 0.3 is 24.4 Å². The third-order valence-corrected chi connectivity index (χ3v) is 1.11. The molecule has 1 aliphatic heterocycles.